The van der Waals surface area contributed by atoms with Crippen molar-refractivity contribution in [2.24, 2.45) is 0 Å². The fraction of sp³-hybridized carbons (Fsp3) is 0.360. The summed E-state index contributed by atoms with van der Waals surface area (Å²) in [5.41, 5.74) is 2.74. The predicted molar refractivity (Wildman–Crippen MR) is 120 cm³/mol. The molecule has 1 aliphatic heterocycles. The third kappa shape index (κ3) is 6.32. The van der Waals surface area contributed by atoms with E-state index >= 15 is 0 Å². The normalized spacial score (nSPS) is 15.5. The van der Waals surface area contributed by atoms with Gasteiger partial charge in [0.05, 0.1) is 19.7 Å². The van der Waals surface area contributed by atoms with Crippen molar-refractivity contribution >= 4 is 18.0 Å². The second-order valence-corrected chi connectivity index (χ2v) is 7.79. The molecule has 0 bridgehead atoms. The number of carbonyl (C=O) groups excluding carboxylic acids is 3. The van der Waals surface area contributed by atoms with Gasteiger partial charge in [0.1, 0.15) is 18.7 Å². The van der Waals surface area contributed by atoms with Crippen molar-refractivity contribution in [1.29, 1.82) is 5.26 Å². The van der Waals surface area contributed by atoms with Crippen LogP contribution in [0.2, 0.25) is 0 Å². The largest absolute Gasteiger partial charge is 0.467 e. The standard InChI is InChI=1S/C25H27N3O5/c1-32-24(30)21(13-7-8-14-26)27-23(29)22-15-19-11-5-6-12-20(19)16-28(22)25(31)33-17-18-9-3-2-4-10-18/h2-6,9-12,21-22H,7-8,13,15-17H2,1H3,(H,27,29)/t21-,22+/m1/s1. The third-order valence-electron chi connectivity index (χ3n) is 5.57. The number of fused-ring (bicyclic) bond motifs is 1. The lowest BCUT2D eigenvalue weighted by molar-refractivity contribution is -0.146. The molecule has 0 unspecified atom stereocenters. The van der Waals surface area contributed by atoms with Gasteiger partial charge in [0.15, 0.2) is 0 Å². The number of esters is 1. The van der Waals surface area contributed by atoms with Gasteiger partial charge in [-0.2, -0.15) is 5.26 Å². The van der Waals surface area contributed by atoms with E-state index in [9.17, 15) is 14.4 Å². The number of rotatable bonds is 8. The third-order valence-corrected chi connectivity index (χ3v) is 5.57. The van der Waals surface area contributed by atoms with Gasteiger partial charge in [-0.3, -0.25) is 9.69 Å². The summed E-state index contributed by atoms with van der Waals surface area (Å²) in [7, 11) is 1.25. The van der Waals surface area contributed by atoms with Gasteiger partial charge in [-0.15, -0.1) is 0 Å². The number of nitrogens with one attached hydrogen (secondary N) is 1. The molecule has 0 saturated heterocycles. The summed E-state index contributed by atoms with van der Waals surface area (Å²) in [6, 6.07) is 17.2. The van der Waals surface area contributed by atoms with Crippen molar-refractivity contribution in [3.05, 3.63) is 71.3 Å². The van der Waals surface area contributed by atoms with Crippen LogP contribution >= 0.6 is 0 Å². The number of nitriles is 1. The molecule has 1 heterocycles. The highest BCUT2D eigenvalue weighted by molar-refractivity contribution is 5.90. The Bertz CT molecular complexity index is 1020. The summed E-state index contributed by atoms with van der Waals surface area (Å²) >= 11 is 0. The van der Waals surface area contributed by atoms with Gasteiger partial charge < -0.3 is 14.8 Å². The quantitative estimate of drug-likeness (QED) is 0.490. The molecule has 0 aliphatic carbocycles. The summed E-state index contributed by atoms with van der Waals surface area (Å²) in [6.45, 7) is 0.310. The van der Waals surface area contributed by atoms with Crippen LogP contribution in [0.1, 0.15) is 36.0 Å². The zero-order valence-corrected chi connectivity index (χ0v) is 18.5. The van der Waals surface area contributed by atoms with Gasteiger partial charge >= 0.3 is 12.1 Å². The van der Waals surface area contributed by atoms with Gasteiger partial charge in [-0.05, 0) is 29.5 Å². The average molecular weight is 450 g/mol. The lowest BCUT2D eigenvalue weighted by atomic mass is 9.93. The SMILES string of the molecule is COC(=O)[C@@H](CCCC#N)NC(=O)[C@@H]1Cc2ccccc2CN1C(=O)OCc1ccccc1. The van der Waals surface area contributed by atoms with E-state index in [4.69, 9.17) is 14.7 Å². The molecule has 8 nitrogen and oxygen atoms in total. The van der Waals surface area contributed by atoms with E-state index in [1.807, 2.05) is 60.7 Å². The maximum absolute atomic E-state index is 13.2. The number of benzene rings is 2. The Kier molecular flexibility index (Phi) is 8.42. The second kappa shape index (κ2) is 11.7. The van der Waals surface area contributed by atoms with Gasteiger partial charge in [-0.1, -0.05) is 54.6 Å². The topological polar surface area (TPSA) is 109 Å². The Morgan fingerprint density at radius 1 is 1.12 bits per heavy atom. The minimum Gasteiger partial charge on any atom is -0.467 e. The number of hydrogen-bond acceptors (Lipinski definition) is 6. The molecule has 3 rings (SSSR count). The number of unbranched alkanes of at least 4 members (excludes halogenated alkanes) is 1. The molecule has 2 aromatic carbocycles. The van der Waals surface area contributed by atoms with Crippen LogP contribution in [0.5, 0.6) is 0 Å². The number of carbonyl (C=O) groups is 3. The first kappa shape index (κ1) is 23.8. The van der Waals surface area contributed by atoms with E-state index < -0.39 is 30.1 Å². The van der Waals surface area contributed by atoms with E-state index in [1.165, 1.54) is 12.0 Å². The molecule has 0 spiro atoms. The van der Waals surface area contributed by atoms with Crippen LogP contribution in [0.4, 0.5) is 4.79 Å². The van der Waals surface area contributed by atoms with Crippen molar-refractivity contribution in [3.63, 3.8) is 0 Å². The highest BCUT2D eigenvalue weighted by Gasteiger charge is 2.37. The lowest BCUT2D eigenvalue weighted by Crippen LogP contribution is -2.55. The molecular weight excluding hydrogens is 422 g/mol. The highest BCUT2D eigenvalue weighted by Crippen LogP contribution is 2.25. The van der Waals surface area contributed by atoms with Crippen LogP contribution in [0.3, 0.4) is 0 Å². The predicted octanol–water partition coefficient (Wildman–Crippen LogP) is 3.10. The summed E-state index contributed by atoms with van der Waals surface area (Å²) in [6.07, 6.45) is 0.667. The van der Waals surface area contributed by atoms with Gasteiger partial charge in [-0.25, -0.2) is 9.59 Å². The van der Waals surface area contributed by atoms with Crippen molar-refractivity contribution in [2.75, 3.05) is 7.11 Å². The first-order valence-corrected chi connectivity index (χ1v) is 10.8. The van der Waals surface area contributed by atoms with Crippen LogP contribution < -0.4 is 5.32 Å². The van der Waals surface area contributed by atoms with Crippen molar-refractivity contribution in [2.45, 2.75) is 50.9 Å². The zero-order chi connectivity index (χ0) is 23.6. The molecular formula is C25H27N3O5. The molecule has 0 radical (unpaired) electrons. The Balaban J connectivity index is 1.76. The molecule has 33 heavy (non-hydrogen) atoms. The summed E-state index contributed by atoms with van der Waals surface area (Å²) < 4.78 is 10.3. The molecule has 0 fully saturated rings. The molecule has 1 aliphatic rings. The van der Waals surface area contributed by atoms with Gasteiger partial charge in [0, 0.05) is 12.8 Å². The monoisotopic (exact) mass is 449 g/mol. The van der Waals surface area contributed by atoms with Crippen LogP contribution in [-0.4, -0.2) is 42.1 Å². The van der Waals surface area contributed by atoms with Crippen LogP contribution in [0.25, 0.3) is 0 Å². The van der Waals surface area contributed by atoms with E-state index in [1.54, 1.807) is 0 Å². The second-order valence-electron chi connectivity index (χ2n) is 7.79. The van der Waals surface area contributed by atoms with Crippen LogP contribution in [0.15, 0.2) is 54.6 Å². The maximum atomic E-state index is 13.2. The molecule has 1 N–H and O–H groups in total. The molecule has 0 aromatic heterocycles. The Morgan fingerprint density at radius 2 is 1.82 bits per heavy atom. The molecule has 2 amide bonds. The van der Waals surface area contributed by atoms with E-state index in [0.29, 0.717) is 12.8 Å². The van der Waals surface area contributed by atoms with Crippen LogP contribution in [0, 0.1) is 11.3 Å². The molecule has 2 atom stereocenters. The number of methoxy groups -OCH3 is 1. The van der Waals surface area contributed by atoms with Crippen molar-refractivity contribution in [1.82, 2.24) is 10.2 Å². The smallest absolute Gasteiger partial charge is 0.411 e. The van der Waals surface area contributed by atoms with Gasteiger partial charge in [0.25, 0.3) is 0 Å². The van der Waals surface area contributed by atoms with Gasteiger partial charge in [0.2, 0.25) is 5.91 Å². The fourth-order valence-corrected chi connectivity index (χ4v) is 3.80. The summed E-state index contributed by atoms with van der Waals surface area (Å²) in [5.74, 6) is -1.05. The Morgan fingerprint density at radius 3 is 2.52 bits per heavy atom. The maximum Gasteiger partial charge on any atom is 0.411 e. The molecule has 8 heteroatoms. The Labute approximate surface area is 193 Å². The molecule has 0 saturated carbocycles. The number of amides is 2. The lowest BCUT2D eigenvalue weighted by Gasteiger charge is -2.35. The summed E-state index contributed by atoms with van der Waals surface area (Å²) in [5, 5.41) is 11.5. The highest BCUT2D eigenvalue weighted by atomic mass is 16.6. The first-order valence-electron chi connectivity index (χ1n) is 10.8. The first-order chi connectivity index (χ1) is 16.0. The molecule has 172 valence electrons. The van der Waals surface area contributed by atoms with Crippen molar-refractivity contribution < 1.29 is 23.9 Å². The minimum absolute atomic E-state index is 0.0884. The number of nitrogens with zero attached hydrogens (tertiary/aromatic N) is 2. The fourth-order valence-electron chi connectivity index (χ4n) is 3.80. The van der Waals surface area contributed by atoms with E-state index in [-0.39, 0.29) is 26.0 Å². The summed E-state index contributed by atoms with van der Waals surface area (Å²) in [4.78, 5) is 39.8. The number of ether oxygens (including phenoxy) is 2. The Hall–Kier alpha value is -3.86. The van der Waals surface area contributed by atoms with Crippen molar-refractivity contribution in [3.8, 4) is 6.07 Å². The molecule has 2 aromatic rings. The van der Waals surface area contributed by atoms with E-state index in [0.717, 1.165) is 16.7 Å². The van der Waals surface area contributed by atoms with E-state index in [2.05, 4.69) is 5.32 Å². The zero-order valence-electron chi connectivity index (χ0n) is 18.5. The van der Waals surface area contributed by atoms with Crippen LogP contribution in [-0.2, 0) is 38.6 Å². The number of hydrogen-bond donors (Lipinski definition) is 1. The minimum atomic E-state index is -0.893. The average Bonchev–Trinajstić information content (AvgIpc) is 2.86.